The Morgan fingerprint density at radius 1 is 1.25 bits per heavy atom. The molecule has 5 heteroatoms. The summed E-state index contributed by atoms with van der Waals surface area (Å²) in [7, 11) is -3.16. The van der Waals surface area contributed by atoms with Crippen LogP contribution in [0.25, 0.3) is 0 Å². The molecule has 2 aliphatic rings. The van der Waals surface area contributed by atoms with Gasteiger partial charge in [0.1, 0.15) is 0 Å². The van der Waals surface area contributed by atoms with Gasteiger partial charge in [-0.2, -0.15) is 0 Å². The summed E-state index contributed by atoms with van der Waals surface area (Å²) in [4.78, 5) is 11.5. The van der Waals surface area contributed by atoms with Crippen molar-refractivity contribution in [3.63, 3.8) is 0 Å². The molecule has 2 heterocycles. The van der Waals surface area contributed by atoms with Crippen LogP contribution in [0, 0.1) is 0 Å². The van der Waals surface area contributed by atoms with E-state index in [0.29, 0.717) is 17.7 Å². The zero-order valence-corrected chi connectivity index (χ0v) is 9.38. The van der Waals surface area contributed by atoms with E-state index in [-0.39, 0.29) is 11.7 Å². The lowest BCUT2D eigenvalue weighted by atomic mass is 9.78. The number of rotatable bonds is 0. The van der Waals surface area contributed by atoms with Gasteiger partial charge in [0, 0.05) is 0 Å². The second kappa shape index (κ2) is 2.85. The van der Waals surface area contributed by atoms with Gasteiger partial charge in [-0.25, -0.2) is 8.42 Å². The summed E-state index contributed by atoms with van der Waals surface area (Å²) < 4.78 is 23.7. The van der Waals surface area contributed by atoms with Crippen molar-refractivity contribution in [1.29, 1.82) is 0 Å². The van der Waals surface area contributed by atoms with Crippen molar-refractivity contribution in [2.75, 3.05) is 5.75 Å². The molecule has 2 aliphatic heterocycles. The molecule has 1 atom stereocenters. The maximum atomic E-state index is 11.9. The first kappa shape index (κ1) is 9.84. The number of carbonyl (C=O) groups is 1. The SMILES string of the molecule is O=C1CC2(CCS(=O)(=O)c3ccccc32)N1. The van der Waals surface area contributed by atoms with Gasteiger partial charge in [-0.3, -0.25) is 4.79 Å². The van der Waals surface area contributed by atoms with E-state index in [1.54, 1.807) is 18.2 Å². The average Bonchev–Trinajstić information content (AvgIpc) is 2.22. The molecule has 4 nitrogen and oxygen atoms in total. The topological polar surface area (TPSA) is 63.2 Å². The number of benzene rings is 1. The number of β-lactam (4-membered cyclic amide) rings is 1. The maximum Gasteiger partial charge on any atom is 0.223 e. The number of sulfone groups is 1. The number of amides is 1. The van der Waals surface area contributed by atoms with Crippen molar-refractivity contribution in [3.8, 4) is 0 Å². The molecule has 1 fully saturated rings. The first-order valence-corrected chi connectivity index (χ1v) is 6.82. The van der Waals surface area contributed by atoms with Crippen LogP contribution in [-0.2, 0) is 20.2 Å². The van der Waals surface area contributed by atoms with Gasteiger partial charge in [-0.1, -0.05) is 18.2 Å². The van der Waals surface area contributed by atoms with Gasteiger partial charge in [0.25, 0.3) is 0 Å². The van der Waals surface area contributed by atoms with Gasteiger partial charge < -0.3 is 5.32 Å². The Balaban J connectivity index is 2.21. The van der Waals surface area contributed by atoms with Gasteiger partial charge in [-0.05, 0) is 18.1 Å². The smallest absolute Gasteiger partial charge is 0.223 e. The van der Waals surface area contributed by atoms with Crippen LogP contribution >= 0.6 is 0 Å². The molecule has 3 rings (SSSR count). The number of fused-ring (bicyclic) bond motifs is 2. The van der Waals surface area contributed by atoms with Crippen LogP contribution in [0.4, 0.5) is 0 Å². The Labute approximate surface area is 93.6 Å². The molecular weight excluding hydrogens is 226 g/mol. The maximum absolute atomic E-state index is 11.9. The van der Waals surface area contributed by atoms with E-state index in [2.05, 4.69) is 5.32 Å². The Morgan fingerprint density at radius 3 is 2.62 bits per heavy atom. The van der Waals surface area contributed by atoms with Crippen LogP contribution in [0.5, 0.6) is 0 Å². The van der Waals surface area contributed by atoms with E-state index < -0.39 is 15.4 Å². The second-order valence-electron chi connectivity index (χ2n) is 4.37. The highest BCUT2D eigenvalue weighted by Gasteiger charge is 2.49. The summed E-state index contributed by atoms with van der Waals surface area (Å²) in [5.74, 6) is 0.110. The summed E-state index contributed by atoms with van der Waals surface area (Å²) in [5, 5.41) is 2.85. The van der Waals surface area contributed by atoms with Crippen LogP contribution < -0.4 is 5.32 Å². The molecule has 84 valence electrons. The number of hydrogen-bond donors (Lipinski definition) is 1. The molecule has 0 aromatic heterocycles. The summed E-state index contributed by atoms with van der Waals surface area (Å²) in [6.45, 7) is 0. The van der Waals surface area contributed by atoms with Gasteiger partial charge in [0.15, 0.2) is 9.84 Å². The van der Waals surface area contributed by atoms with Crippen LogP contribution in [0.3, 0.4) is 0 Å². The summed E-state index contributed by atoms with van der Waals surface area (Å²) in [6.07, 6.45) is 0.887. The zero-order chi connectivity index (χ0) is 11.4. The van der Waals surface area contributed by atoms with Crippen LogP contribution in [0.15, 0.2) is 29.2 Å². The molecule has 0 aliphatic carbocycles. The molecule has 16 heavy (non-hydrogen) atoms. The fourth-order valence-corrected chi connectivity index (χ4v) is 4.24. The van der Waals surface area contributed by atoms with Crippen LogP contribution in [0.1, 0.15) is 18.4 Å². The predicted molar refractivity (Wildman–Crippen MR) is 57.5 cm³/mol. The Bertz CT molecular complexity index is 569. The average molecular weight is 237 g/mol. The van der Waals surface area contributed by atoms with Crippen molar-refractivity contribution in [2.45, 2.75) is 23.3 Å². The van der Waals surface area contributed by atoms with Gasteiger partial charge in [0.05, 0.1) is 22.6 Å². The fourth-order valence-electron chi connectivity index (χ4n) is 2.52. The second-order valence-corrected chi connectivity index (χ2v) is 6.45. The third-order valence-corrected chi connectivity index (χ3v) is 5.14. The molecule has 1 amide bonds. The Morgan fingerprint density at radius 2 is 1.94 bits per heavy atom. The van der Waals surface area contributed by atoms with Gasteiger partial charge in [-0.15, -0.1) is 0 Å². The Kier molecular flexibility index (Phi) is 1.75. The van der Waals surface area contributed by atoms with E-state index in [0.717, 1.165) is 5.56 Å². The highest BCUT2D eigenvalue weighted by molar-refractivity contribution is 7.91. The van der Waals surface area contributed by atoms with Crippen molar-refractivity contribution in [1.82, 2.24) is 5.32 Å². The molecule has 0 bridgehead atoms. The number of carbonyl (C=O) groups excluding carboxylic acids is 1. The van der Waals surface area contributed by atoms with Crippen molar-refractivity contribution in [3.05, 3.63) is 29.8 Å². The zero-order valence-electron chi connectivity index (χ0n) is 8.56. The van der Waals surface area contributed by atoms with Crippen LogP contribution in [0.2, 0.25) is 0 Å². The lowest BCUT2D eigenvalue weighted by Gasteiger charge is -2.45. The van der Waals surface area contributed by atoms with E-state index in [4.69, 9.17) is 0 Å². The molecule has 0 saturated carbocycles. The summed E-state index contributed by atoms with van der Waals surface area (Å²) in [6, 6.07) is 6.95. The highest BCUT2D eigenvalue weighted by atomic mass is 32.2. The van der Waals surface area contributed by atoms with Gasteiger partial charge in [0.2, 0.25) is 5.91 Å². The third kappa shape index (κ3) is 1.15. The summed E-state index contributed by atoms with van der Waals surface area (Å²) >= 11 is 0. The molecular formula is C11H11NO3S. The van der Waals surface area contributed by atoms with Crippen molar-refractivity contribution >= 4 is 15.7 Å². The van der Waals surface area contributed by atoms with Crippen molar-refractivity contribution in [2.24, 2.45) is 0 Å². The molecule has 1 aromatic carbocycles. The van der Waals surface area contributed by atoms with E-state index in [1.165, 1.54) is 0 Å². The third-order valence-electron chi connectivity index (χ3n) is 3.38. The standard InChI is InChI=1S/C11H11NO3S/c13-10-7-11(12-10)5-6-16(14,15)9-4-2-1-3-8(9)11/h1-4H,5-7H2,(H,12,13). The molecule has 0 radical (unpaired) electrons. The first-order valence-electron chi connectivity index (χ1n) is 5.17. The largest absolute Gasteiger partial charge is 0.346 e. The molecule has 1 unspecified atom stereocenters. The number of nitrogens with one attached hydrogen (secondary N) is 1. The number of hydrogen-bond acceptors (Lipinski definition) is 3. The quantitative estimate of drug-likeness (QED) is 0.671. The minimum Gasteiger partial charge on any atom is -0.346 e. The first-order chi connectivity index (χ1) is 7.54. The Hall–Kier alpha value is -1.36. The molecule has 1 N–H and O–H groups in total. The molecule has 1 saturated heterocycles. The summed E-state index contributed by atoms with van der Waals surface area (Å²) in [5.41, 5.74) is 0.333. The minimum absolute atomic E-state index is 0.00546. The lowest BCUT2D eigenvalue weighted by molar-refractivity contribution is -0.133. The van der Waals surface area contributed by atoms with E-state index in [1.807, 2.05) is 6.07 Å². The van der Waals surface area contributed by atoms with Crippen LogP contribution in [-0.4, -0.2) is 20.1 Å². The monoisotopic (exact) mass is 237 g/mol. The normalized spacial score (nSPS) is 30.4. The molecule has 1 spiro atoms. The minimum atomic E-state index is -3.16. The van der Waals surface area contributed by atoms with Crippen molar-refractivity contribution < 1.29 is 13.2 Å². The highest BCUT2D eigenvalue weighted by Crippen LogP contribution is 2.43. The predicted octanol–water partition coefficient (Wildman–Crippen LogP) is 0.579. The van der Waals surface area contributed by atoms with E-state index >= 15 is 0 Å². The van der Waals surface area contributed by atoms with Gasteiger partial charge >= 0.3 is 0 Å². The fraction of sp³-hybridized carbons (Fsp3) is 0.364. The van der Waals surface area contributed by atoms with E-state index in [9.17, 15) is 13.2 Å². The lowest BCUT2D eigenvalue weighted by Crippen LogP contribution is -2.60. The molecule has 1 aromatic rings.